The fraction of sp³-hybridized carbons (Fsp3) is 0.333. The number of hydrogen-bond donors (Lipinski definition) is 0. The Balaban J connectivity index is 2.22. The van der Waals surface area contributed by atoms with Gasteiger partial charge in [-0.15, -0.1) is 6.58 Å². The van der Waals surface area contributed by atoms with Crippen LogP contribution in [0.25, 0.3) is 6.08 Å². The standard InChI is InChI=1S/C18H18O2/c1-2-12-18(15-8-5-9-16(15)19)14-7-4-3-6-13(14)10-11-17(18)20/h2-4,6-7,10-11,15H,1,5,8-9,12H2/t15-,18+/m0/s1. The molecule has 0 aliphatic heterocycles. The van der Waals surface area contributed by atoms with Crippen LogP contribution >= 0.6 is 0 Å². The third kappa shape index (κ3) is 1.71. The van der Waals surface area contributed by atoms with Crippen LogP contribution in [-0.2, 0) is 15.0 Å². The first-order valence-corrected chi connectivity index (χ1v) is 7.16. The lowest BCUT2D eigenvalue weighted by Gasteiger charge is -2.39. The van der Waals surface area contributed by atoms with Crippen molar-refractivity contribution in [2.75, 3.05) is 0 Å². The highest BCUT2D eigenvalue weighted by atomic mass is 16.1. The summed E-state index contributed by atoms with van der Waals surface area (Å²) in [4.78, 5) is 25.0. The number of Topliss-reactive ketones (excluding diaryl/α,β-unsaturated/α-hetero) is 1. The molecule has 0 heterocycles. The van der Waals surface area contributed by atoms with Gasteiger partial charge in [0.2, 0.25) is 0 Å². The van der Waals surface area contributed by atoms with Gasteiger partial charge in [-0.25, -0.2) is 0 Å². The molecular formula is C18H18O2. The van der Waals surface area contributed by atoms with Crippen molar-refractivity contribution < 1.29 is 9.59 Å². The number of fused-ring (bicyclic) bond motifs is 1. The van der Waals surface area contributed by atoms with Crippen molar-refractivity contribution in [2.24, 2.45) is 5.92 Å². The fourth-order valence-corrected chi connectivity index (χ4v) is 3.77. The van der Waals surface area contributed by atoms with E-state index in [2.05, 4.69) is 6.58 Å². The number of carbonyl (C=O) groups excluding carboxylic acids is 2. The molecular weight excluding hydrogens is 248 g/mol. The molecule has 3 rings (SSSR count). The third-order valence-corrected chi connectivity index (χ3v) is 4.66. The van der Waals surface area contributed by atoms with E-state index >= 15 is 0 Å². The van der Waals surface area contributed by atoms with Gasteiger partial charge in [-0.3, -0.25) is 9.59 Å². The van der Waals surface area contributed by atoms with Crippen molar-refractivity contribution in [1.29, 1.82) is 0 Å². The zero-order chi connectivity index (χ0) is 14.2. The maximum absolute atomic E-state index is 12.7. The van der Waals surface area contributed by atoms with Gasteiger partial charge in [-0.05, 0) is 36.5 Å². The Morgan fingerprint density at radius 3 is 2.75 bits per heavy atom. The molecule has 2 heteroatoms. The van der Waals surface area contributed by atoms with E-state index in [9.17, 15) is 9.59 Å². The van der Waals surface area contributed by atoms with Gasteiger partial charge >= 0.3 is 0 Å². The highest BCUT2D eigenvalue weighted by Crippen LogP contribution is 2.47. The molecule has 1 fully saturated rings. The zero-order valence-electron chi connectivity index (χ0n) is 11.5. The molecule has 0 saturated heterocycles. The topological polar surface area (TPSA) is 34.1 Å². The van der Waals surface area contributed by atoms with Crippen LogP contribution in [0.2, 0.25) is 0 Å². The second-order valence-electron chi connectivity index (χ2n) is 5.66. The van der Waals surface area contributed by atoms with Crippen LogP contribution in [0.3, 0.4) is 0 Å². The van der Waals surface area contributed by atoms with Gasteiger partial charge in [0.15, 0.2) is 5.78 Å². The summed E-state index contributed by atoms with van der Waals surface area (Å²) in [6, 6.07) is 7.91. The number of rotatable bonds is 3. The Labute approximate surface area is 119 Å². The first-order valence-electron chi connectivity index (χ1n) is 7.16. The van der Waals surface area contributed by atoms with Crippen LogP contribution in [0.4, 0.5) is 0 Å². The van der Waals surface area contributed by atoms with Crippen molar-refractivity contribution >= 4 is 17.6 Å². The molecule has 2 atom stereocenters. The largest absolute Gasteiger partial charge is 0.299 e. The van der Waals surface area contributed by atoms with E-state index in [0.717, 1.165) is 24.0 Å². The molecule has 0 radical (unpaired) electrons. The van der Waals surface area contributed by atoms with Crippen LogP contribution in [-0.4, -0.2) is 11.6 Å². The molecule has 1 aromatic rings. The quantitative estimate of drug-likeness (QED) is 0.785. The number of hydrogen-bond acceptors (Lipinski definition) is 2. The normalized spacial score (nSPS) is 28.5. The average Bonchev–Trinajstić information content (AvgIpc) is 2.89. The van der Waals surface area contributed by atoms with E-state index in [1.54, 1.807) is 12.2 Å². The Morgan fingerprint density at radius 1 is 1.25 bits per heavy atom. The van der Waals surface area contributed by atoms with Crippen LogP contribution in [0.5, 0.6) is 0 Å². The van der Waals surface area contributed by atoms with Gasteiger partial charge in [0.1, 0.15) is 5.78 Å². The van der Waals surface area contributed by atoms with E-state index in [1.165, 1.54) is 0 Å². The predicted octanol–water partition coefficient (Wildman–Crippen LogP) is 3.47. The van der Waals surface area contributed by atoms with Crippen LogP contribution < -0.4 is 0 Å². The van der Waals surface area contributed by atoms with Gasteiger partial charge in [0, 0.05) is 12.3 Å². The predicted molar refractivity (Wildman–Crippen MR) is 79.3 cm³/mol. The molecule has 2 nitrogen and oxygen atoms in total. The highest BCUT2D eigenvalue weighted by Gasteiger charge is 2.51. The Morgan fingerprint density at radius 2 is 2.05 bits per heavy atom. The summed E-state index contributed by atoms with van der Waals surface area (Å²) in [6.07, 6.45) is 8.10. The molecule has 0 amide bonds. The summed E-state index contributed by atoms with van der Waals surface area (Å²) in [5.41, 5.74) is 1.32. The maximum Gasteiger partial charge on any atom is 0.167 e. The minimum absolute atomic E-state index is 0.0522. The van der Waals surface area contributed by atoms with Crippen molar-refractivity contribution in [3.05, 3.63) is 54.1 Å². The van der Waals surface area contributed by atoms with Crippen LogP contribution in [0, 0.1) is 5.92 Å². The molecule has 102 valence electrons. The molecule has 1 aromatic carbocycles. The summed E-state index contributed by atoms with van der Waals surface area (Å²) >= 11 is 0. The molecule has 0 unspecified atom stereocenters. The van der Waals surface area contributed by atoms with Gasteiger partial charge in [0.05, 0.1) is 5.41 Å². The number of ketones is 2. The van der Waals surface area contributed by atoms with Crippen molar-refractivity contribution in [2.45, 2.75) is 31.1 Å². The lowest BCUT2D eigenvalue weighted by atomic mass is 9.61. The van der Waals surface area contributed by atoms with E-state index in [-0.39, 0.29) is 17.5 Å². The van der Waals surface area contributed by atoms with E-state index in [0.29, 0.717) is 12.8 Å². The summed E-state index contributed by atoms with van der Waals surface area (Å²) in [5, 5.41) is 0. The minimum atomic E-state index is -0.722. The molecule has 0 aromatic heterocycles. The number of carbonyl (C=O) groups is 2. The summed E-state index contributed by atoms with van der Waals surface area (Å²) in [6.45, 7) is 3.82. The zero-order valence-corrected chi connectivity index (χ0v) is 11.5. The lowest BCUT2D eigenvalue weighted by molar-refractivity contribution is -0.130. The second kappa shape index (κ2) is 4.86. The van der Waals surface area contributed by atoms with Gasteiger partial charge in [0.25, 0.3) is 0 Å². The Kier molecular flexibility index (Phi) is 3.17. The van der Waals surface area contributed by atoms with E-state index in [4.69, 9.17) is 0 Å². The molecule has 0 N–H and O–H groups in total. The Bertz CT molecular complexity index is 612. The summed E-state index contributed by atoms with van der Waals surface area (Å²) in [7, 11) is 0. The summed E-state index contributed by atoms with van der Waals surface area (Å²) < 4.78 is 0. The molecule has 20 heavy (non-hydrogen) atoms. The van der Waals surface area contributed by atoms with Crippen LogP contribution in [0.15, 0.2) is 43.0 Å². The number of benzene rings is 1. The van der Waals surface area contributed by atoms with E-state index < -0.39 is 5.41 Å². The smallest absolute Gasteiger partial charge is 0.167 e. The number of allylic oxidation sites excluding steroid dienone is 2. The molecule has 2 aliphatic rings. The molecule has 1 saturated carbocycles. The molecule has 0 spiro atoms. The van der Waals surface area contributed by atoms with Crippen molar-refractivity contribution in [3.63, 3.8) is 0 Å². The summed E-state index contributed by atoms with van der Waals surface area (Å²) in [5.74, 6) is 0.0840. The SMILES string of the molecule is C=CC[C@@]1([C@H]2CCCC2=O)C(=O)C=Cc2ccccc21. The van der Waals surface area contributed by atoms with Crippen molar-refractivity contribution in [3.8, 4) is 0 Å². The van der Waals surface area contributed by atoms with Gasteiger partial charge in [-0.1, -0.05) is 36.4 Å². The minimum Gasteiger partial charge on any atom is -0.299 e. The average molecular weight is 266 g/mol. The first-order chi connectivity index (χ1) is 9.70. The fourth-order valence-electron chi connectivity index (χ4n) is 3.77. The Hall–Kier alpha value is -1.96. The maximum atomic E-state index is 12.7. The third-order valence-electron chi connectivity index (χ3n) is 4.66. The monoisotopic (exact) mass is 266 g/mol. The second-order valence-corrected chi connectivity index (χ2v) is 5.66. The van der Waals surface area contributed by atoms with Gasteiger partial charge < -0.3 is 0 Å². The molecule has 2 aliphatic carbocycles. The highest BCUT2D eigenvalue weighted by molar-refractivity contribution is 6.08. The van der Waals surface area contributed by atoms with Crippen LogP contribution in [0.1, 0.15) is 36.8 Å². The first kappa shape index (κ1) is 13.0. The molecule has 0 bridgehead atoms. The van der Waals surface area contributed by atoms with Crippen molar-refractivity contribution in [1.82, 2.24) is 0 Å². The van der Waals surface area contributed by atoms with E-state index in [1.807, 2.05) is 30.3 Å². The van der Waals surface area contributed by atoms with Gasteiger partial charge in [-0.2, -0.15) is 0 Å². The lowest BCUT2D eigenvalue weighted by Crippen LogP contribution is -2.45.